The fourth-order valence-electron chi connectivity index (χ4n) is 4.31. The Morgan fingerprint density at radius 2 is 1.65 bits per heavy atom. The van der Waals surface area contributed by atoms with Gasteiger partial charge in [-0.15, -0.1) is 0 Å². The number of amides is 1. The molecule has 180 valence electrons. The van der Waals surface area contributed by atoms with Crippen LogP contribution in [0.25, 0.3) is 0 Å². The van der Waals surface area contributed by atoms with E-state index in [0.717, 1.165) is 31.2 Å². The number of hydrogen-bond acceptors (Lipinski definition) is 4. The number of aromatic nitrogens is 2. The van der Waals surface area contributed by atoms with Gasteiger partial charge in [0.15, 0.2) is 0 Å². The highest BCUT2D eigenvalue weighted by atomic mass is 32.2. The molecule has 1 aromatic heterocycles. The number of para-hydroxylation sites is 1. The number of sulfonamides is 1. The van der Waals surface area contributed by atoms with Crippen molar-refractivity contribution in [3.63, 3.8) is 0 Å². The van der Waals surface area contributed by atoms with E-state index in [1.54, 1.807) is 59.2 Å². The van der Waals surface area contributed by atoms with Gasteiger partial charge < -0.3 is 5.32 Å². The van der Waals surface area contributed by atoms with Gasteiger partial charge in [0.25, 0.3) is 5.91 Å². The predicted molar refractivity (Wildman–Crippen MR) is 129 cm³/mol. The number of anilines is 1. The first-order valence-electron chi connectivity index (χ1n) is 11.5. The Balaban J connectivity index is 1.50. The van der Waals surface area contributed by atoms with Gasteiger partial charge in [0.2, 0.25) is 10.0 Å². The second-order valence-corrected chi connectivity index (χ2v) is 10.5. The van der Waals surface area contributed by atoms with Crippen molar-refractivity contribution >= 4 is 21.6 Å². The number of carbonyl (C=O) groups excluding carboxylic acids is 1. The summed E-state index contributed by atoms with van der Waals surface area (Å²) >= 11 is 0. The van der Waals surface area contributed by atoms with E-state index in [9.17, 15) is 17.6 Å². The zero-order valence-electron chi connectivity index (χ0n) is 19.4. The van der Waals surface area contributed by atoms with Gasteiger partial charge >= 0.3 is 0 Å². The van der Waals surface area contributed by atoms with Crippen molar-refractivity contribution in [2.24, 2.45) is 0 Å². The Kier molecular flexibility index (Phi) is 7.13. The Bertz CT molecular complexity index is 1280. The van der Waals surface area contributed by atoms with Crippen LogP contribution in [0.3, 0.4) is 0 Å². The molecule has 1 N–H and O–H groups in total. The number of nitrogens with one attached hydrogen (secondary N) is 1. The first-order chi connectivity index (χ1) is 16.3. The smallest absolute Gasteiger partial charge is 0.255 e. The third-order valence-electron chi connectivity index (χ3n) is 6.15. The van der Waals surface area contributed by atoms with Crippen LogP contribution >= 0.6 is 0 Å². The summed E-state index contributed by atoms with van der Waals surface area (Å²) < 4.78 is 43.8. The van der Waals surface area contributed by atoms with E-state index in [4.69, 9.17) is 0 Å². The van der Waals surface area contributed by atoms with Crippen LogP contribution in [0.15, 0.2) is 53.4 Å². The molecule has 0 radical (unpaired) electrons. The van der Waals surface area contributed by atoms with E-state index >= 15 is 0 Å². The van der Waals surface area contributed by atoms with Gasteiger partial charge in [-0.3, -0.25) is 9.48 Å². The zero-order chi connectivity index (χ0) is 24.3. The van der Waals surface area contributed by atoms with Gasteiger partial charge in [0.05, 0.1) is 23.6 Å². The first kappa shape index (κ1) is 24.1. The minimum Gasteiger partial charge on any atom is -0.319 e. The maximum absolute atomic E-state index is 13.8. The second kappa shape index (κ2) is 10.1. The van der Waals surface area contributed by atoms with Crippen molar-refractivity contribution in [1.82, 2.24) is 14.1 Å². The average molecular weight is 485 g/mol. The van der Waals surface area contributed by atoms with E-state index in [0.29, 0.717) is 36.6 Å². The lowest BCUT2D eigenvalue weighted by Crippen LogP contribution is -2.32. The molecule has 9 heteroatoms. The standard InChI is InChI=1S/C25H29FN4O3S/c1-18-24(34(32,33)29-15-7-3-4-8-16-29)19(2)30(28-18)17-20-11-13-21(14-12-20)25(31)27-23-10-6-5-9-22(23)26/h5-6,9-14H,3-4,7-8,15-17H2,1-2H3,(H,27,31). The largest absolute Gasteiger partial charge is 0.319 e. The SMILES string of the molecule is Cc1nn(Cc2ccc(C(=O)Nc3ccccc3F)cc2)c(C)c1S(=O)(=O)N1CCCCCC1. The van der Waals surface area contributed by atoms with E-state index in [-0.39, 0.29) is 10.6 Å². The Hall–Kier alpha value is -3.04. The van der Waals surface area contributed by atoms with Crippen molar-refractivity contribution in [3.05, 3.63) is 76.9 Å². The molecule has 1 amide bonds. The van der Waals surface area contributed by atoms with Crippen molar-refractivity contribution in [2.75, 3.05) is 18.4 Å². The van der Waals surface area contributed by atoms with Crippen LogP contribution in [0.1, 0.15) is 53.0 Å². The molecule has 3 aromatic rings. The normalized spacial score (nSPS) is 15.1. The van der Waals surface area contributed by atoms with Gasteiger partial charge in [-0.05, 0) is 56.5 Å². The number of aryl methyl sites for hydroxylation is 1. The number of rotatable bonds is 6. The van der Waals surface area contributed by atoms with Gasteiger partial charge in [0.1, 0.15) is 10.7 Å². The summed E-state index contributed by atoms with van der Waals surface area (Å²) in [5.41, 5.74) is 2.47. The third-order valence-corrected chi connectivity index (χ3v) is 8.30. The maximum Gasteiger partial charge on any atom is 0.255 e. The highest BCUT2D eigenvalue weighted by Crippen LogP contribution is 2.26. The van der Waals surface area contributed by atoms with Crippen LogP contribution in [-0.4, -0.2) is 41.5 Å². The highest BCUT2D eigenvalue weighted by Gasteiger charge is 2.31. The molecular formula is C25H29FN4O3S. The fraction of sp³-hybridized carbons (Fsp3) is 0.360. The first-order valence-corrected chi connectivity index (χ1v) is 12.9. The number of carbonyl (C=O) groups is 1. The molecule has 2 aromatic carbocycles. The van der Waals surface area contributed by atoms with E-state index in [1.807, 2.05) is 0 Å². The van der Waals surface area contributed by atoms with Crippen LogP contribution in [0.5, 0.6) is 0 Å². The minimum atomic E-state index is -3.60. The minimum absolute atomic E-state index is 0.123. The van der Waals surface area contributed by atoms with Crippen LogP contribution in [0.4, 0.5) is 10.1 Å². The molecule has 4 rings (SSSR count). The van der Waals surface area contributed by atoms with Gasteiger partial charge in [-0.2, -0.15) is 9.40 Å². The molecule has 0 saturated carbocycles. The lowest BCUT2D eigenvalue weighted by atomic mass is 10.1. The molecule has 0 spiro atoms. The number of nitrogens with zero attached hydrogens (tertiary/aromatic N) is 3. The van der Waals surface area contributed by atoms with Gasteiger partial charge in [-0.25, -0.2) is 12.8 Å². The summed E-state index contributed by atoms with van der Waals surface area (Å²) in [5, 5.41) is 7.07. The second-order valence-electron chi connectivity index (χ2n) is 8.61. The maximum atomic E-state index is 13.8. The number of benzene rings is 2. The summed E-state index contributed by atoms with van der Waals surface area (Å²) in [5.74, 6) is -0.906. The summed E-state index contributed by atoms with van der Waals surface area (Å²) in [6.45, 7) is 4.97. The topological polar surface area (TPSA) is 84.3 Å². The monoisotopic (exact) mass is 484 g/mol. The number of halogens is 1. The van der Waals surface area contributed by atoms with Crippen molar-refractivity contribution < 1.29 is 17.6 Å². The summed E-state index contributed by atoms with van der Waals surface area (Å²) in [6, 6.07) is 12.9. The predicted octanol–water partition coefficient (Wildman–Crippen LogP) is 4.50. The zero-order valence-corrected chi connectivity index (χ0v) is 20.2. The molecule has 0 atom stereocenters. The molecule has 7 nitrogen and oxygen atoms in total. The molecule has 1 fully saturated rings. The lowest BCUT2D eigenvalue weighted by Gasteiger charge is -2.20. The van der Waals surface area contributed by atoms with Gasteiger partial charge in [-0.1, -0.05) is 37.1 Å². The van der Waals surface area contributed by atoms with E-state index in [2.05, 4.69) is 10.4 Å². The van der Waals surface area contributed by atoms with Gasteiger partial charge in [0, 0.05) is 18.7 Å². The molecule has 0 bridgehead atoms. The Morgan fingerprint density at radius 3 is 2.29 bits per heavy atom. The summed E-state index contributed by atoms with van der Waals surface area (Å²) in [4.78, 5) is 12.7. The van der Waals surface area contributed by atoms with Crippen LogP contribution in [0.2, 0.25) is 0 Å². The Labute approximate surface area is 199 Å². The molecule has 2 heterocycles. The summed E-state index contributed by atoms with van der Waals surface area (Å²) in [7, 11) is -3.60. The quantitative estimate of drug-likeness (QED) is 0.558. The summed E-state index contributed by atoms with van der Waals surface area (Å²) in [6.07, 6.45) is 3.86. The average Bonchev–Trinajstić information content (AvgIpc) is 2.99. The van der Waals surface area contributed by atoms with Crippen molar-refractivity contribution in [2.45, 2.75) is 51.0 Å². The van der Waals surface area contributed by atoms with Crippen LogP contribution in [0, 0.1) is 19.7 Å². The molecular weight excluding hydrogens is 455 g/mol. The molecule has 1 saturated heterocycles. The molecule has 1 aliphatic rings. The highest BCUT2D eigenvalue weighted by molar-refractivity contribution is 7.89. The van der Waals surface area contributed by atoms with E-state index in [1.165, 1.54) is 12.1 Å². The molecule has 34 heavy (non-hydrogen) atoms. The van der Waals surface area contributed by atoms with Crippen molar-refractivity contribution in [1.29, 1.82) is 0 Å². The van der Waals surface area contributed by atoms with Crippen molar-refractivity contribution in [3.8, 4) is 0 Å². The lowest BCUT2D eigenvalue weighted by molar-refractivity contribution is 0.102. The van der Waals surface area contributed by atoms with E-state index < -0.39 is 21.7 Å². The number of hydrogen-bond donors (Lipinski definition) is 1. The third kappa shape index (κ3) is 5.05. The molecule has 0 unspecified atom stereocenters. The fourth-order valence-corrected chi connectivity index (χ4v) is 6.20. The van der Waals surface area contributed by atoms with Crippen LogP contribution < -0.4 is 5.32 Å². The molecule has 0 aliphatic carbocycles. The Morgan fingerprint density at radius 1 is 1.00 bits per heavy atom. The van der Waals surface area contributed by atoms with Crippen LogP contribution in [-0.2, 0) is 16.6 Å². The molecule has 1 aliphatic heterocycles.